The molecule has 0 unspecified atom stereocenters. The van der Waals surface area contributed by atoms with Gasteiger partial charge in [0.1, 0.15) is 5.76 Å². The number of ether oxygens (including phenoxy) is 1. The van der Waals surface area contributed by atoms with Crippen LogP contribution >= 0.6 is 0 Å². The zero-order valence-electron chi connectivity index (χ0n) is 7.25. The molecule has 4 heteroatoms. The summed E-state index contributed by atoms with van der Waals surface area (Å²) in [5.74, 6) is 0.839. The SMILES string of the molecule is CCOCCc1ocnc1CN. The Morgan fingerprint density at radius 3 is 3.17 bits per heavy atom. The average Bonchev–Trinajstić information content (AvgIpc) is 2.52. The van der Waals surface area contributed by atoms with E-state index in [0.717, 1.165) is 24.5 Å². The van der Waals surface area contributed by atoms with E-state index in [1.54, 1.807) is 0 Å². The maximum atomic E-state index is 5.44. The maximum absolute atomic E-state index is 5.44. The molecule has 0 saturated carbocycles. The Labute approximate surface area is 71.7 Å². The fraction of sp³-hybridized carbons (Fsp3) is 0.625. The third-order valence-corrected chi connectivity index (χ3v) is 1.60. The standard InChI is InChI=1S/C8H14N2O2/c1-2-11-4-3-8-7(5-9)10-6-12-8/h6H,2-5,9H2,1H3. The van der Waals surface area contributed by atoms with Crippen molar-refractivity contribution >= 4 is 0 Å². The van der Waals surface area contributed by atoms with Crippen molar-refractivity contribution in [2.75, 3.05) is 13.2 Å². The first kappa shape index (κ1) is 9.22. The predicted octanol–water partition coefficient (Wildman–Crippen LogP) is 0.712. The Morgan fingerprint density at radius 2 is 2.50 bits per heavy atom. The third kappa shape index (κ3) is 2.32. The smallest absolute Gasteiger partial charge is 0.181 e. The van der Waals surface area contributed by atoms with E-state index < -0.39 is 0 Å². The van der Waals surface area contributed by atoms with Gasteiger partial charge >= 0.3 is 0 Å². The average molecular weight is 170 g/mol. The first-order valence-corrected chi connectivity index (χ1v) is 4.07. The van der Waals surface area contributed by atoms with Crippen LogP contribution in [-0.4, -0.2) is 18.2 Å². The quantitative estimate of drug-likeness (QED) is 0.661. The lowest BCUT2D eigenvalue weighted by molar-refractivity contribution is 0.146. The van der Waals surface area contributed by atoms with E-state index >= 15 is 0 Å². The molecule has 0 spiro atoms. The minimum absolute atomic E-state index is 0.429. The molecule has 2 N–H and O–H groups in total. The summed E-state index contributed by atoms with van der Waals surface area (Å²) in [5.41, 5.74) is 6.26. The first-order chi connectivity index (χ1) is 5.88. The van der Waals surface area contributed by atoms with E-state index in [0.29, 0.717) is 13.2 Å². The summed E-state index contributed by atoms with van der Waals surface area (Å²) < 4.78 is 10.3. The fourth-order valence-electron chi connectivity index (χ4n) is 0.973. The Morgan fingerprint density at radius 1 is 1.67 bits per heavy atom. The Bertz CT molecular complexity index is 223. The summed E-state index contributed by atoms with van der Waals surface area (Å²) in [7, 11) is 0. The summed E-state index contributed by atoms with van der Waals surface area (Å²) in [6, 6.07) is 0. The number of oxazole rings is 1. The van der Waals surface area contributed by atoms with Crippen molar-refractivity contribution in [1.82, 2.24) is 4.98 Å². The molecule has 0 amide bonds. The Balaban J connectivity index is 2.39. The van der Waals surface area contributed by atoms with Crippen molar-refractivity contribution < 1.29 is 9.15 Å². The van der Waals surface area contributed by atoms with E-state index in [9.17, 15) is 0 Å². The number of nitrogens with zero attached hydrogens (tertiary/aromatic N) is 1. The van der Waals surface area contributed by atoms with Gasteiger partial charge in [0.25, 0.3) is 0 Å². The molecule has 0 saturated heterocycles. The van der Waals surface area contributed by atoms with Gasteiger partial charge < -0.3 is 14.9 Å². The maximum Gasteiger partial charge on any atom is 0.181 e. The van der Waals surface area contributed by atoms with Gasteiger partial charge in [-0.2, -0.15) is 0 Å². The van der Waals surface area contributed by atoms with E-state index in [1.165, 1.54) is 6.39 Å². The Hall–Kier alpha value is -0.870. The molecule has 0 aliphatic heterocycles. The van der Waals surface area contributed by atoms with Crippen molar-refractivity contribution in [3.05, 3.63) is 17.8 Å². The highest BCUT2D eigenvalue weighted by Gasteiger charge is 2.04. The summed E-state index contributed by atoms with van der Waals surface area (Å²) >= 11 is 0. The summed E-state index contributed by atoms with van der Waals surface area (Å²) in [4.78, 5) is 3.97. The highest BCUT2D eigenvalue weighted by Crippen LogP contribution is 2.06. The molecule has 0 aromatic carbocycles. The molecule has 1 aromatic rings. The van der Waals surface area contributed by atoms with Crippen LogP contribution in [0.2, 0.25) is 0 Å². The highest BCUT2D eigenvalue weighted by atomic mass is 16.5. The zero-order valence-corrected chi connectivity index (χ0v) is 7.25. The molecule has 1 aromatic heterocycles. The van der Waals surface area contributed by atoms with Crippen LogP contribution in [-0.2, 0) is 17.7 Å². The third-order valence-electron chi connectivity index (χ3n) is 1.60. The van der Waals surface area contributed by atoms with Crippen LogP contribution in [0.1, 0.15) is 18.4 Å². The minimum Gasteiger partial charge on any atom is -0.448 e. The topological polar surface area (TPSA) is 61.3 Å². The van der Waals surface area contributed by atoms with Crippen LogP contribution in [0.3, 0.4) is 0 Å². The van der Waals surface area contributed by atoms with Gasteiger partial charge in [-0.1, -0.05) is 0 Å². The lowest BCUT2D eigenvalue weighted by Gasteiger charge is -1.98. The van der Waals surface area contributed by atoms with Crippen molar-refractivity contribution in [1.29, 1.82) is 0 Å². The zero-order chi connectivity index (χ0) is 8.81. The second-order valence-corrected chi connectivity index (χ2v) is 2.37. The fourth-order valence-corrected chi connectivity index (χ4v) is 0.973. The van der Waals surface area contributed by atoms with Crippen LogP contribution in [0.15, 0.2) is 10.8 Å². The molecule has 0 fully saturated rings. The van der Waals surface area contributed by atoms with Crippen molar-refractivity contribution in [2.24, 2.45) is 5.73 Å². The number of nitrogens with two attached hydrogens (primary N) is 1. The second-order valence-electron chi connectivity index (χ2n) is 2.37. The first-order valence-electron chi connectivity index (χ1n) is 4.07. The van der Waals surface area contributed by atoms with Gasteiger partial charge in [-0.05, 0) is 6.92 Å². The molecule has 0 aliphatic carbocycles. The molecule has 1 rings (SSSR count). The van der Waals surface area contributed by atoms with E-state index in [4.69, 9.17) is 14.9 Å². The Kier molecular flexibility index (Phi) is 3.76. The monoisotopic (exact) mass is 170 g/mol. The van der Waals surface area contributed by atoms with Gasteiger partial charge in [-0.3, -0.25) is 0 Å². The molecular formula is C8H14N2O2. The van der Waals surface area contributed by atoms with E-state index in [-0.39, 0.29) is 0 Å². The van der Waals surface area contributed by atoms with Crippen LogP contribution in [0.4, 0.5) is 0 Å². The number of hydrogen-bond donors (Lipinski definition) is 1. The van der Waals surface area contributed by atoms with E-state index in [2.05, 4.69) is 4.98 Å². The predicted molar refractivity (Wildman–Crippen MR) is 44.6 cm³/mol. The summed E-state index contributed by atoms with van der Waals surface area (Å²) in [5, 5.41) is 0. The molecule has 0 aliphatic rings. The molecule has 0 bridgehead atoms. The molecule has 0 atom stereocenters. The lowest BCUT2D eigenvalue weighted by Crippen LogP contribution is -2.03. The summed E-state index contributed by atoms with van der Waals surface area (Å²) in [6.45, 7) is 3.78. The normalized spacial score (nSPS) is 10.5. The van der Waals surface area contributed by atoms with Gasteiger partial charge in [-0.25, -0.2) is 4.98 Å². The van der Waals surface area contributed by atoms with Crippen LogP contribution < -0.4 is 5.73 Å². The lowest BCUT2D eigenvalue weighted by atomic mass is 10.3. The molecule has 12 heavy (non-hydrogen) atoms. The van der Waals surface area contributed by atoms with Gasteiger partial charge in [0.15, 0.2) is 6.39 Å². The van der Waals surface area contributed by atoms with Crippen molar-refractivity contribution in [3.63, 3.8) is 0 Å². The van der Waals surface area contributed by atoms with Gasteiger partial charge in [-0.15, -0.1) is 0 Å². The number of rotatable bonds is 5. The van der Waals surface area contributed by atoms with Gasteiger partial charge in [0, 0.05) is 19.6 Å². The van der Waals surface area contributed by atoms with Crippen LogP contribution in [0.25, 0.3) is 0 Å². The minimum atomic E-state index is 0.429. The second kappa shape index (κ2) is 4.90. The van der Waals surface area contributed by atoms with Crippen LogP contribution in [0.5, 0.6) is 0 Å². The molecular weight excluding hydrogens is 156 g/mol. The molecule has 0 radical (unpaired) electrons. The van der Waals surface area contributed by atoms with Crippen LogP contribution in [0, 0.1) is 0 Å². The van der Waals surface area contributed by atoms with Crippen molar-refractivity contribution in [2.45, 2.75) is 19.9 Å². The molecule has 1 heterocycles. The summed E-state index contributed by atoms with van der Waals surface area (Å²) in [6.07, 6.45) is 2.17. The van der Waals surface area contributed by atoms with Gasteiger partial charge in [0.05, 0.1) is 12.3 Å². The number of aromatic nitrogens is 1. The number of hydrogen-bond acceptors (Lipinski definition) is 4. The van der Waals surface area contributed by atoms with E-state index in [1.807, 2.05) is 6.92 Å². The molecule has 68 valence electrons. The highest BCUT2D eigenvalue weighted by molar-refractivity contribution is 5.06. The van der Waals surface area contributed by atoms with Crippen molar-refractivity contribution in [3.8, 4) is 0 Å². The van der Waals surface area contributed by atoms with Gasteiger partial charge in [0.2, 0.25) is 0 Å². The largest absolute Gasteiger partial charge is 0.448 e. The molecule has 4 nitrogen and oxygen atoms in total.